The molecule has 0 aliphatic carbocycles. The molecule has 22 nitrogen and oxygen atoms in total. The molecule has 3 aromatic rings. The fourth-order valence-corrected chi connectivity index (χ4v) is 6.47. The number of benzene rings is 2. The minimum absolute atomic E-state index is 0.0207. The maximum absolute atomic E-state index is 13.9. The molecule has 0 bridgehead atoms. The van der Waals surface area contributed by atoms with E-state index in [9.17, 15) is 48.9 Å². The van der Waals surface area contributed by atoms with E-state index in [1.807, 2.05) is 24.3 Å². The molecule has 18 N–H and O–H groups in total. The van der Waals surface area contributed by atoms with Crippen LogP contribution in [-0.2, 0) is 46.4 Å². The summed E-state index contributed by atoms with van der Waals surface area (Å²) in [5, 5.41) is 45.7. The molecule has 350 valence electrons. The van der Waals surface area contributed by atoms with E-state index < -0.39 is 89.8 Å². The number of guanidine groups is 1. The third-order valence-corrected chi connectivity index (χ3v) is 10.2. The Morgan fingerprint density at radius 3 is 1.91 bits per heavy atom. The van der Waals surface area contributed by atoms with Gasteiger partial charge in [0.1, 0.15) is 42.0 Å². The van der Waals surface area contributed by atoms with Gasteiger partial charge in [0, 0.05) is 36.5 Å². The highest BCUT2D eigenvalue weighted by Crippen LogP contribution is 2.20. The van der Waals surface area contributed by atoms with Gasteiger partial charge in [-0.25, -0.2) is 0 Å². The van der Waals surface area contributed by atoms with E-state index in [0.717, 1.165) is 10.9 Å². The Bertz CT molecular complexity index is 2090. The number of amides is 6. The number of aromatic nitrogens is 1. The van der Waals surface area contributed by atoms with Crippen LogP contribution in [0, 0.1) is 0 Å². The first-order valence-corrected chi connectivity index (χ1v) is 20.9. The summed E-state index contributed by atoms with van der Waals surface area (Å²) >= 11 is 0. The van der Waals surface area contributed by atoms with Gasteiger partial charge >= 0.3 is 5.97 Å². The average Bonchev–Trinajstić information content (AvgIpc) is 3.65. The van der Waals surface area contributed by atoms with Crippen molar-refractivity contribution in [3.8, 4) is 5.75 Å². The Morgan fingerprint density at radius 1 is 0.688 bits per heavy atom. The predicted molar refractivity (Wildman–Crippen MR) is 237 cm³/mol. The molecule has 2 aromatic carbocycles. The first-order valence-electron chi connectivity index (χ1n) is 20.9. The van der Waals surface area contributed by atoms with Crippen LogP contribution in [0.4, 0.5) is 0 Å². The minimum atomic E-state index is -1.68. The maximum Gasteiger partial charge on any atom is 0.325 e. The lowest BCUT2D eigenvalue weighted by atomic mass is 10.0. The first-order chi connectivity index (χ1) is 30.3. The number of para-hydroxylation sites is 1. The number of carboxylic acid groups (broad SMARTS) is 1. The molecular weight excluding hydrogens is 833 g/mol. The summed E-state index contributed by atoms with van der Waals surface area (Å²) in [7, 11) is 0. The highest BCUT2D eigenvalue weighted by Gasteiger charge is 2.34. The number of aromatic hydroxyl groups is 1. The number of hydrogen-bond donors (Lipinski definition) is 14. The number of hydrogen-bond acceptors (Lipinski definition) is 12. The number of nitrogens with two attached hydrogens (primary N) is 4. The lowest BCUT2D eigenvalue weighted by Gasteiger charge is -2.28. The molecule has 6 amide bonds. The van der Waals surface area contributed by atoms with Crippen LogP contribution in [0.2, 0.25) is 0 Å². The van der Waals surface area contributed by atoms with Crippen LogP contribution in [-0.4, -0.2) is 129 Å². The van der Waals surface area contributed by atoms with Gasteiger partial charge in [-0.2, -0.15) is 0 Å². The monoisotopic (exact) mass is 894 g/mol. The van der Waals surface area contributed by atoms with Crippen LogP contribution in [0.15, 0.2) is 59.7 Å². The van der Waals surface area contributed by atoms with E-state index in [4.69, 9.17) is 22.9 Å². The van der Waals surface area contributed by atoms with Crippen molar-refractivity contribution in [1.29, 1.82) is 0 Å². The summed E-state index contributed by atoms with van der Waals surface area (Å²) in [6.07, 6.45) is 1.63. The molecule has 0 aliphatic heterocycles. The number of aliphatic hydroxyl groups is 1. The minimum Gasteiger partial charge on any atom is -0.508 e. The number of H-pyrrole nitrogens is 1. The number of aliphatic hydroxyl groups excluding tert-OH is 1. The molecule has 0 unspecified atom stereocenters. The van der Waals surface area contributed by atoms with Gasteiger partial charge in [-0.15, -0.1) is 0 Å². The Balaban J connectivity index is 1.80. The van der Waals surface area contributed by atoms with Crippen LogP contribution >= 0.6 is 0 Å². The second-order valence-electron chi connectivity index (χ2n) is 15.5. The summed E-state index contributed by atoms with van der Waals surface area (Å²) in [6.45, 7) is 4.23. The molecule has 0 fully saturated rings. The van der Waals surface area contributed by atoms with Crippen molar-refractivity contribution in [3.05, 3.63) is 65.9 Å². The number of unbranched alkanes of at least 4 members (excludes halogenated alkanes) is 1. The van der Waals surface area contributed by atoms with E-state index in [-0.39, 0.29) is 43.9 Å². The highest BCUT2D eigenvalue weighted by molar-refractivity contribution is 5.97. The Morgan fingerprint density at radius 2 is 1.28 bits per heavy atom. The number of carbonyl (C=O) groups excluding carboxylic acids is 6. The standard InChI is InChI=1S/C42H62N12O10/c1-22(49-39(61)33(52-36(58)29(44)10-6-7-17-43)20-26-21-48-30-11-5-4-9-28(26)30)35(57)54-34(24(3)55)40(62)51-31(12-8-18-47-42(45)46)37(59)53-32(38(60)50-23(2)41(63)64)19-25-13-15-27(56)16-14-25/h4-5,9,11,13-16,21-24,29,31-34,48,55-56H,6-8,10,12,17-20,43-44H2,1-3H3,(H,49,61)(H,50,60)(H,51,62)(H,52,58)(H,53,59)(H,54,57)(H,63,64)(H4,45,46,47)/t22-,23-,24+,29-,31-,32-,33-,34-/m0/s1. The number of aliphatic imine (C=N–C) groups is 1. The van der Waals surface area contributed by atoms with E-state index in [0.29, 0.717) is 36.9 Å². The Kier molecular flexibility index (Phi) is 20.4. The maximum atomic E-state index is 13.9. The van der Waals surface area contributed by atoms with Gasteiger partial charge in [-0.05, 0) is 82.3 Å². The number of carboxylic acids is 1. The van der Waals surface area contributed by atoms with Crippen molar-refractivity contribution in [3.63, 3.8) is 0 Å². The summed E-state index contributed by atoms with van der Waals surface area (Å²) in [6, 6.07) is 3.83. The van der Waals surface area contributed by atoms with Gasteiger partial charge in [0.15, 0.2) is 5.96 Å². The topological polar surface area (TPSA) is 385 Å². The summed E-state index contributed by atoms with van der Waals surface area (Å²) in [4.78, 5) is 100. The molecule has 0 aliphatic rings. The number of aliphatic carboxylic acids is 1. The fraction of sp³-hybridized carbons (Fsp3) is 0.476. The zero-order valence-corrected chi connectivity index (χ0v) is 36.1. The quantitative estimate of drug-likeness (QED) is 0.0227. The number of carbonyl (C=O) groups is 7. The lowest BCUT2D eigenvalue weighted by Crippen LogP contribution is -2.61. The van der Waals surface area contributed by atoms with Gasteiger partial charge in [-0.3, -0.25) is 38.6 Å². The van der Waals surface area contributed by atoms with Gasteiger partial charge in [0.05, 0.1) is 12.1 Å². The number of nitrogens with one attached hydrogen (secondary N) is 7. The molecule has 22 heteroatoms. The van der Waals surface area contributed by atoms with Crippen LogP contribution in [0.1, 0.15) is 64.0 Å². The average molecular weight is 895 g/mol. The van der Waals surface area contributed by atoms with Crippen LogP contribution in [0.25, 0.3) is 10.9 Å². The van der Waals surface area contributed by atoms with Crippen LogP contribution in [0.5, 0.6) is 5.75 Å². The fourth-order valence-electron chi connectivity index (χ4n) is 6.47. The summed E-state index contributed by atoms with van der Waals surface area (Å²) in [5.41, 5.74) is 24.6. The zero-order valence-electron chi connectivity index (χ0n) is 36.1. The lowest BCUT2D eigenvalue weighted by molar-refractivity contribution is -0.141. The smallest absolute Gasteiger partial charge is 0.325 e. The summed E-state index contributed by atoms with van der Waals surface area (Å²) in [5.74, 6) is -6.62. The number of fused-ring (bicyclic) bond motifs is 1. The SMILES string of the molecule is C[C@H](NC(=O)[C@H](Cc1ccc(O)cc1)NC(=O)[C@H](CCCN=C(N)N)NC(=O)[C@@H](NC(=O)[C@H](C)NC(=O)[C@H](Cc1c[nH]c2ccccc12)NC(=O)[C@@H](N)CCCCN)[C@@H](C)O)C(=O)O. The molecule has 8 atom stereocenters. The van der Waals surface area contributed by atoms with Crippen molar-refractivity contribution < 1.29 is 48.9 Å². The van der Waals surface area contributed by atoms with Crippen molar-refractivity contribution in [2.75, 3.05) is 13.1 Å². The van der Waals surface area contributed by atoms with Gasteiger partial charge in [-0.1, -0.05) is 36.8 Å². The molecule has 3 rings (SSSR count). The van der Waals surface area contributed by atoms with E-state index in [2.05, 4.69) is 41.9 Å². The summed E-state index contributed by atoms with van der Waals surface area (Å²) < 4.78 is 0. The highest BCUT2D eigenvalue weighted by atomic mass is 16.4. The van der Waals surface area contributed by atoms with E-state index in [1.165, 1.54) is 45.0 Å². The second-order valence-corrected chi connectivity index (χ2v) is 15.5. The molecular formula is C42H62N12O10. The number of nitrogens with zero attached hydrogens (tertiary/aromatic N) is 1. The zero-order chi connectivity index (χ0) is 47.5. The largest absolute Gasteiger partial charge is 0.508 e. The van der Waals surface area contributed by atoms with Crippen molar-refractivity contribution in [2.24, 2.45) is 27.9 Å². The third kappa shape index (κ3) is 16.5. The molecule has 0 saturated carbocycles. The predicted octanol–water partition coefficient (Wildman–Crippen LogP) is -2.42. The molecule has 0 saturated heterocycles. The van der Waals surface area contributed by atoms with Crippen molar-refractivity contribution >= 4 is 58.3 Å². The molecule has 1 aromatic heterocycles. The normalized spacial score (nSPS) is 14.8. The first kappa shape index (κ1) is 51.6. The van der Waals surface area contributed by atoms with Gasteiger partial charge in [0.25, 0.3) is 0 Å². The Labute approximate surface area is 370 Å². The Hall–Kier alpha value is -6.78. The molecule has 1 heterocycles. The van der Waals surface area contributed by atoms with Crippen LogP contribution in [0.3, 0.4) is 0 Å². The van der Waals surface area contributed by atoms with E-state index in [1.54, 1.807) is 6.20 Å². The van der Waals surface area contributed by atoms with Crippen LogP contribution < -0.4 is 54.8 Å². The number of rotatable bonds is 26. The second kappa shape index (κ2) is 25.4. The third-order valence-electron chi connectivity index (χ3n) is 10.2. The van der Waals surface area contributed by atoms with E-state index >= 15 is 0 Å². The van der Waals surface area contributed by atoms with Crippen molar-refractivity contribution in [2.45, 2.75) is 114 Å². The molecule has 0 spiro atoms. The van der Waals surface area contributed by atoms with Gasteiger partial charge < -0.3 is 75.1 Å². The number of phenols is 1. The number of aromatic amines is 1. The molecule has 64 heavy (non-hydrogen) atoms. The number of phenolic OH excluding ortho intramolecular Hbond substituents is 1. The van der Waals surface area contributed by atoms with Gasteiger partial charge in [0.2, 0.25) is 35.4 Å². The molecule has 0 radical (unpaired) electrons. The van der Waals surface area contributed by atoms with Crippen molar-refractivity contribution in [1.82, 2.24) is 36.9 Å².